The molecule has 0 saturated heterocycles. The predicted octanol–water partition coefficient (Wildman–Crippen LogP) is -0.0152. The molecular weight excluding hydrogens is 198 g/mol. The molecule has 0 spiro atoms. The van der Waals surface area contributed by atoms with E-state index in [-0.39, 0.29) is 58.2 Å². The van der Waals surface area contributed by atoms with Gasteiger partial charge in [0.2, 0.25) is 0 Å². The van der Waals surface area contributed by atoms with E-state index >= 15 is 0 Å². The Balaban J connectivity index is 0. The third-order valence-electron chi connectivity index (χ3n) is 0.243. The van der Waals surface area contributed by atoms with Gasteiger partial charge in [-0.2, -0.15) is 13.2 Å². The van der Waals surface area contributed by atoms with Crippen molar-refractivity contribution in [1.29, 1.82) is 0 Å². The van der Waals surface area contributed by atoms with Gasteiger partial charge in [0.05, 0.1) is 0 Å². The summed E-state index contributed by atoms with van der Waals surface area (Å²) in [6.07, 6.45) is -5.08. The maximum atomic E-state index is 10.6. The third kappa shape index (κ3) is 5.21. The van der Waals surface area contributed by atoms with Gasteiger partial charge >= 0.3 is 70.3 Å². The van der Waals surface area contributed by atoms with Crippen molar-refractivity contribution < 1.29 is 23.1 Å². The minimum absolute atomic E-state index is 0. The van der Waals surface area contributed by atoms with Crippen LogP contribution >= 0.6 is 0 Å². The molecule has 8 heavy (non-hydrogen) atoms. The number of hydrogen-bond acceptors (Lipinski definition) is 1. The Labute approximate surface area is 91.8 Å². The number of hydrogen-bond donors (Lipinski definition) is 1. The van der Waals surface area contributed by atoms with Gasteiger partial charge < -0.3 is 5.11 Å². The van der Waals surface area contributed by atoms with Crippen LogP contribution < -0.4 is 0 Å². The SMILES string of the molecule is O=C(O)C(F)(F)F.[RbH]. The van der Waals surface area contributed by atoms with E-state index in [9.17, 15) is 13.2 Å². The Bertz CT molecular complexity index is 87.8. The molecule has 2 nitrogen and oxygen atoms in total. The molecule has 0 heterocycles. The summed E-state index contributed by atoms with van der Waals surface area (Å²) in [5, 5.41) is 7.12. The van der Waals surface area contributed by atoms with E-state index in [2.05, 4.69) is 0 Å². The van der Waals surface area contributed by atoms with Crippen molar-refractivity contribution >= 4 is 64.2 Å². The Kier molecular flexibility index (Phi) is 5.87. The Morgan fingerprint density at radius 1 is 1.38 bits per heavy atom. The molecule has 1 N–H and O–H groups in total. The van der Waals surface area contributed by atoms with Crippen molar-refractivity contribution in [3.05, 3.63) is 0 Å². The molecular formula is C2H2F3O2Rb. The van der Waals surface area contributed by atoms with E-state index in [1.165, 1.54) is 0 Å². The first-order valence-electron chi connectivity index (χ1n) is 1.24. The molecule has 0 aromatic rings. The average molecular weight is 200 g/mol. The average Bonchev–Trinajstić information content (AvgIpc) is 1.31. The zero-order valence-corrected chi connectivity index (χ0v) is 2.99. The number of rotatable bonds is 0. The summed E-state index contributed by atoms with van der Waals surface area (Å²) < 4.78 is 31.7. The first-order valence-corrected chi connectivity index (χ1v) is 1.24. The van der Waals surface area contributed by atoms with E-state index < -0.39 is 12.1 Å². The van der Waals surface area contributed by atoms with E-state index in [0.29, 0.717) is 0 Å². The molecule has 0 aromatic heterocycles. The minimum atomic E-state index is -5.08. The van der Waals surface area contributed by atoms with E-state index in [1.807, 2.05) is 0 Å². The van der Waals surface area contributed by atoms with Crippen molar-refractivity contribution in [2.45, 2.75) is 6.18 Å². The molecule has 0 rings (SSSR count). The number of alkyl halides is 3. The monoisotopic (exact) mass is 200 g/mol. The molecule has 0 radical (unpaired) electrons. The molecule has 0 saturated carbocycles. The summed E-state index contributed by atoms with van der Waals surface area (Å²) in [6, 6.07) is 0. The van der Waals surface area contributed by atoms with Crippen molar-refractivity contribution in [3.63, 3.8) is 0 Å². The van der Waals surface area contributed by atoms with E-state index in [0.717, 1.165) is 0 Å². The first-order chi connectivity index (χ1) is 2.94. The Morgan fingerprint density at radius 3 is 1.50 bits per heavy atom. The van der Waals surface area contributed by atoms with Crippen LogP contribution in [-0.2, 0) is 4.79 Å². The van der Waals surface area contributed by atoms with Crippen molar-refractivity contribution in [1.82, 2.24) is 0 Å². The quantitative estimate of drug-likeness (QED) is 0.597. The molecule has 0 bridgehead atoms. The van der Waals surface area contributed by atoms with Crippen LogP contribution in [0.2, 0.25) is 0 Å². The molecule has 0 aliphatic rings. The van der Waals surface area contributed by atoms with Crippen LogP contribution in [0, 0.1) is 0 Å². The van der Waals surface area contributed by atoms with Crippen molar-refractivity contribution in [2.75, 3.05) is 0 Å². The van der Waals surface area contributed by atoms with Gasteiger partial charge in [0.15, 0.2) is 0 Å². The maximum absolute atomic E-state index is 10.6. The summed E-state index contributed by atoms with van der Waals surface area (Å²) in [7, 11) is 0. The molecule has 0 fully saturated rings. The number of aliphatic carboxylic acids is 1. The van der Waals surface area contributed by atoms with Crippen LogP contribution in [0.3, 0.4) is 0 Å². The van der Waals surface area contributed by atoms with E-state index in [1.54, 1.807) is 0 Å². The predicted molar refractivity (Wildman–Crippen MR) is 20.8 cm³/mol. The second-order valence-corrected chi connectivity index (χ2v) is 0.803. The summed E-state index contributed by atoms with van der Waals surface area (Å²) >= 11 is 0. The van der Waals surface area contributed by atoms with Gasteiger partial charge in [-0.25, -0.2) is 4.79 Å². The second-order valence-electron chi connectivity index (χ2n) is 0.803. The zero-order valence-electron chi connectivity index (χ0n) is 2.99. The molecule has 44 valence electrons. The van der Waals surface area contributed by atoms with E-state index in [4.69, 9.17) is 9.90 Å². The number of carbonyl (C=O) groups is 1. The molecule has 0 amide bonds. The second kappa shape index (κ2) is 3.97. The van der Waals surface area contributed by atoms with Crippen LogP contribution in [0.25, 0.3) is 0 Å². The fraction of sp³-hybridized carbons (Fsp3) is 0.500. The number of carboxylic acids is 1. The molecule has 0 atom stereocenters. The molecule has 0 aliphatic heterocycles. The van der Waals surface area contributed by atoms with Crippen LogP contribution in [0.5, 0.6) is 0 Å². The summed E-state index contributed by atoms with van der Waals surface area (Å²) in [5.41, 5.74) is 0. The molecule has 0 unspecified atom stereocenters. The number of halogens is 3. The summed E-state index contributed by atoms with van der Waals surface area (Å²) in [6.45, 7) is 0. The summed E-state index contributed by atoms with van der Waals surface area (Å²) in [5.74, 6) is -2.76. The Hall–Kier alpha value is 1.07. The van der Waals surface area contributed by atoms with Crippen molar-refractivity contribution in [3.8, 4) is 0 Å². The van der Waals surface area contributed by atoms with Gasteiger partial charge in [-0.1, -0.05) is 0 Å². The topological polar surface area (TPSA) is 37.3 Å². The third-order valence-corrected chi connectivity index (χ3v) is 0.243. The van der Waals surface area contributed by atoms with Gasteiger partial charge in [-0.15, -0.1) is 0 Å². The van der Waals surface area contributed by atoms with Gasteiger partial charge in [-0.3, -0.25) is 0 Å². The number of carboxylic acid groups (broad SMARTS) is 1. The van der Waals surface area contributed by atoms with Crippen molar-refractivity contribution in [2.24, 2.45) is 0 Å². The summed E-state index contributed by atoms with van der Waals surface area (Å²) in [4.78, 5) is 8.90. The zero-order chi connectivity index (χ0) is 6.08. The normalized spacial score (nSPS) is 9.88. The van der Waals surface area contributed by atoms with Gasteiger partial charge in [0.25, 0.3) is 0 Å². The van der Waals surface area contributed by atoms with Crippen LogP contribution in [0.1, 0.15) is 0 Å². The molecule has 6 heteroatoms. The fourth-order valence-corrected chi connectivity index (χ4v) is 0. The van der Waals surface area contributed by atoms with Crippen LogP contribution in [-0.4, -0.2) is 75.4 Å². The fourth-order valence-electron chi connectivity index (χ4n) is 0. The van der Waals surface area contributed by atoms with Crippen LogP contribution in [0.4, 0.5) is 13.2 Å². The van der Waals surface area contributed by atoms with Gasteiger partial charge in [0, 0.05) is 0 Å². The first kappa shape index (κ1) is 11.8. The molecule has 0 aliphatic carbocycles. The molecule has 0 aromatic carbocycles. The van der Waals surface area contributed by atoms with Crippen LogP contribution in [0.15, 0.2) is 0 Å². The Morgan fingerprint density at radius 2 is 1.50 bits per heavy atom. The standard InChI is InChI=1S/C2HF3O2.Rb.H/c3-2(4,5)1(6)7;;/h(H,6,7);;. The van der Waals surface area contributed by atoms with Gasteiger partial charge in [0.1, 0.15) is 0 Å². The van der Waals surface area contributed by atoms with Gasteiger partial charge in [-0.05, 0) is 0 Å².